The van der Waals surface area contributed by atoms with E-state index in [1.165, 1.54) is 19.3 Å². The third kappa shape index (κ3) is 1.78. The van der Waals surface area contributed by atoms with Crippen molar-refractivity contribution in [1.29, 1.82) is 0 Å². The minimum absolute atomic E-state index is 0.0151. The molecule has 3 saturated carbocycles. The number of halogens is 1. The van der Waals surface area contributed by atoms with Crippen LogP contribution in [0.4, 0.5) is 0 Å². The fraction of sp³-hybridized carbons (Fsp3) is 0.647. The summed E-state index contributed by atoms with van der Waals surface area (Å²) in [6, 6.07) is 7.81. The van der Waals surface area contributed by atoms with Crippen molar-refractivity contribution < 1.29 is 5.11 Å². The monoisotopic (exact) mass is 291 g/mol. The van der Waals surface area contributed by atoms with Crippen LogP contribution in [-0.4, -0.2) is 17.8 Å². The summed E-state index contributed by atoms with van der Waals surface area (Å²) < 4.78 is 0. The number of nitrogens with two attached hydrogens (primary N) is 1. The van der Waals surface area contributed by atoms with Crippen LogP contribution in [-0.2, 0) is 0 Å². The fourth-order valence-electron chi connectivity index (χ4n) is 5.34. The molecule has 0 radical (unpaired) electrons. The van der Waals surface area contributed by atoms with Crippen LogP contribution in [0.1, 0.15) is 30.7 Å². The van der Waals surface area contributed by atoms with Crippen molar-refractivity contribution in [3.63, 3.8) is 0 Å². The number of hydrogen-bond acceptors (Lipinski definition) is 2. The fourth-order valence-corrected chi connectivity index (χ4v) is 5.62. The highest BCUT2D eigenvalue weighted by molar-refractivity contribution is 6.31. The van der Waals surface area contributed by atoms with Crippen molar-refractivity contribution in [1.82, 2.24) is 0 Å². The molecule has 2 nitrogen and oxygen atoms in total. The lowest BCUT2D eigenvalue weighted by molar-refractivity contribution is 0.102. The number of benzene rings is 1. The first kappa shape index (κ1) is 13.1. The molecule has 3 aliphatic rings. The quantitative estimate of drug-likeness (QED) is 0.896. The molecule has 108 valence electrons. The van der Waals surface area contributed by atoms with Gasteiger partial charge in [0.25, 0.3) is 0 Å². The summed E-state index contributed by atoms with van der Waals surface area (Å²) in [5.74, 6) is 3.79. The maximum absolute atomic E-state index is 10.9. The first-order valence-electron chi connectivity index (χ1n) is 7.85. The van der Waals surface area contributed by atoms with Gasteiger partial charge in [-0.25, -0.2) is 0 Å². The lowest BCUT2D eigenvalue weighted by Gasteiger charge is -2.25. The molecule has 3 N–H and O–H groups in total. The highest BCUT2D eigenvalue weighted by Crippen LogP contribution is 2.71. The zero-order valence-corrected chi connectivity index (χ0v) is 12.3. The Morgan fingerprint density at radius 1 is 1.20 bits per heavy atom. The second-order valence-electron chi connectivity index (χ2n) is 6.92. The summed E-state index contributed by atoms with van der Waals surface area (Å²) in [6.45, 7) is 0.468. The van der Waals surface area contributed by atoms with Gasteiger partial charge in [-0.2, -0.15) is 0 Å². The largest absolute Gasteiger partial charge is 0.392 e. The molecule has 0 aliphatic heterocycles. The van der Waals surface area contributed by atoms with Crippen LogP contribution in [0.3, 0.4) is 0 Å². The second-order valence-corrected chi connectivity index (χ2v) is 7.33. The Morgan fingerprint density at radius 3 is 2.45 bits per heavy atom. The normalized spacial score (nSPS) is 40.5. The Bertz CT molecular complexity index is 503. The average Bonchev–Trinajstić information content (AvgIpc) is 2.89. The van der Waals surface area contributed by atoms with E-state index in [0.717, 1.165) is 34.3 Å². The van der Waals surface area contributed by atoms with Crippen LogP contribution < -0.4 is 5.73 Å². The predicted molar refractivity (Wildman–Crippen MR) is 80.6 cm³/mol. The van der Waals surface area contributed by atoms with Gasteiger partial charge in [-0.05, 0) is 60.5 Å². The Kier molecular flexibility index (Phi) is 3.10. The van der Waals surface area contributed by atoms with Gasteiger partial charge in [0.2, 0.25) is 0 Å². The van der Waals surface area contributed by atoms with Gasteiger partial charge in [0, 0.05) is 17.5 Å². The Labute approximate surface area is 125 Å². The highest BCUT2D eigenvalue weighted by atomic mass is 35.5. The summed E-state index contributed by atoms with van der Waals surface area (Å²) in [5.41, 5.74) is 6.97. The molecule has 4 rings (SSSR count). The van der Waals surface area contributed by atoms with Crippen LogP contribution in [0.2, 0.25) is 5.02 Å². The van der Waals surface area contributed by atoms with Gasteiger partial charge >= 0.3 is 0 Å². The zero-order chi connectivity index (χ0) is 13.9. The Balaban J connectivity index is 1.56. The molecule has 6 atom stereocenters. The van der Waals surface area contributed by atoms with E-state index < -0.39 is 0 Å². The standard InChI is InChI=1S/C17H22ClNO/c18-13-4-2-1-3-11(13)12(8-19)17(20)16-14-9-5-6-10(7-9)15(14)16/h1-4,9-10,12,14-17,20H,5-8,19H2. The number of aliphatic hydroxyl groups excluding tert-OH is 1. The zero-order valence-electron chi connectivity index (χ0n) is 11.6. The first-order chi connectivity index (χ1) is 9.72. The predicted octanol–water partition coefficient (Wildman–Crippen LogP) is 3.04. The second kappa shape index (κ2) is 4.72. The first-order valence-corrected chi connectivity index (χ1v) is 8.22. The Hall–Kier alpha value is -0.570. The third-order valence-corrected chi connectivity index (χ3v) is 6.50. The number of hydrogen-bond donors (Lipinski definition) is 2. The van der Waals surface area contributed by atoms with Crippen molar-refractivity contribution in [2.75, 3.05) is 6.54 Å². The lowest BCUT2D eigenvalue weighted by Crippen LogP contribution is -2.30. The van der Waals surface area contributed by atoms with E-state index in [1.54, 1.807) is 0 Å². The highest BCUT2D eigenvalue weighted by Gasteiger charge is 2.67. The number of aliphatic hydroxyl groups is 1. The molecule has 3 aliphatic carbocycles. The van der Waals surface area contributed by atoms with E-state index in [9.17, 15) is 5.11 Å². The smallest absolute Gasteiger partial charge is 0.0655 e. The summed E-state index contributed by atoms with van der Waals surface area (Å²) in [6.07, 6.45) is 3.86. The molecule has 0 amide bonds. The van der Waals surface area contributed by atoms with Gasteiger partial charge in [0.05, 0.1) is 6.10 Å². The van der Waals surface area contributed by atoms with Crippen LogP contribution in [0, 0.1) is 29.6 Å². The number of rotatable bonds is 4. The van der Waals surface area contributed by atoms with E-state index in [1.807, 2.05) is 24.3 Å². The SMILES string of the molecule is NCC(c1ccccc1Cl)C(O)C1C2C3CCC(C3)C21. The third-order valence-electron chi connectivity index (χ3n) is 6.16. The molecule has 20 heavy (non-hydrogen) atoms. The van der Waals surface area contributed by atoms with E-state index >= 15 is 0 Å². The summed E-state index contributed by atoms with van der Waals surface area (Å²) in [4.78, 5) is 0. The molecule has 0 saturated heterocycles. The van der Waals surface area contributed by atoms with Crippen LogP contribution in [0.25, 0.3) is 0 Å². The lowest BCUT2D eigenvalue weighted by atomic mass is 9.86. The van der Waals surface area contributed by atoms with E-state index in [0.29, 0.717) is 12.5 Å². The number of fused-ring (bicyclic) bond motifs is 5. The van der Waals surface area contributed by atoms with Crippen molar-refractivity contribution in [3.05, 3.63) is 34.9 Å². The summed E-state index contributed by atoms with van der Waals surface area (Å²) in [7, 11) is 0. The van der Waals surface area contributed by atoms with E-state index in [2.05, 4.69) is 0 Å². The molecule has 0 aromatic heterocycles. The van der Waals surface area contributed by atoms with Crippen molar-refractivity contribution in [3.8, 4) is 0 Å². The summed E-state index contributed by atoms with van der Waals surface area (Å²) >= 11 is 6.29. The van der Waals surface area contributed by atoms with Crippen LogP contribution >= 0.6 is 11.6 Å². The summed E-state index contributed by atoms with van der Waals surface area (Å²) in [5, 5.41) is 11.6. The molecule has 2 bridgehead atoms. The molecule has 6 unspecified atom stereocenters. The topological polar surface area (TPSA) is 46.2 Å². The molecule has 1 aromatic carbocycles. The molecule has 0 spiro atoms. The maximum atomic E-state index is 10.9. The van der Waals surface area contributed by atoms with Crippen molar-refractivity contribution in [2.45, 2.75) is 31.3 Å². The van der Waals surface area contributed by atoms with Crippen molar-refractivity contribution in [2.24, 2.45) is 35.3 Å². The van der Waals surface area contributed by atoms with Gasteiger partial charge < -0.3 is 10.8 Å². The van der Waals surface area contributed by atoms with Crippen LogP contribution in [0.15, 0.2) is 24.3 Å². The average molecular weight is 292 g/mol. The maximum Gasteiger partial charge on any atom is 0.0655 e. The molecule has 3 heteroatoms. The van der Waals surface area contributed by atoms with Crippen molar-refractivity contribution >= 4 is 11.6 Å². The molecular formula is C17H22ClNO. The van der Waals surface area contributed by atoms with Gasteiger partial charge in [0.1, 0.15) is 0 Å². The minimum Gasteiger partial charge on any atom is -0.392 e. The van der Waals surface area contributed by atoms with Crippen LogP contribution in [0.5, 0.6) is 0 Å². The van der Waals surface area contributed by atoms with Gasteiger partial charge in [-0.15, -0.1) is 0 Å². The molecule has 1 aromatic rings. The van der Waals surface area contributed by atoms with Gasteiger partial charge in [-0.3, -0.25) is 0 Å². The molecular weight excluding hydrogens is 270 g/mol. The minimum atomic E-state index is -0.321. The van der Waals surface area contributed by atoms with E-state index in [-0.39, 0.29) is 12.0 Å². The molecule has 0 heterocycles. The van der Waals surface area contributed by atoms with Gasteiger partial charge in [-0.1, -0.05) is 29.8 Å². The Morgan fingerprint density at radius 2 is 1.85 bits per heavy atom. The van der Waals surface area contributed by atoms with E-state index in [4.69, 9.17) is 17.3 Å². The van der Waals surface area contributed by atoms with Gasteiger partial charge in [0.15, 0.2) is 0 Å². The molecule has 3 fully saturated rings.